The molecule has 0 aliphatic heterocycles. The molecule has 4 heteroatoms. The average molecular weight is 444 g/mol. The quantitative estimate of drug-likeness (QED) is 0.265. The molecule has 0 aliphatic rings. The van der Waals surface area contributed by atoms with E-state index in [9.17, 15) is 9.65 Å². The molecule has 6 rings (SSSR count). The molecule has 0 amide bonds. The third kappa shape index (κ3) is 2.91. The van der Waals surface area contributed by atoms with Gasteiger partial charge in [0.05, 0.1) is 17.2 Å². The molecule has 34 heavy (non-hydrogen) atoms. The number of rotatable bonds is 2. The lowest BCUT2D eigenvalue weighted by Crippen LogP contribution is -2.30. The fourth-order valence-electron chi connectivity index (χ4n) is 4.92. The lowest BCUT2D eigenvalue weighted by molar-refractivity contribution is -0.660. The maximum absolute atomic E-state index is 14.2. The fourth-order valence-corrected chi connectivity index (χ4v) is 4.92. The van der Waals surface area contributed by atoms with E-state index in [0.717, 1.165) is 49.5 Å². The smallest absolute Gasteiger partial charge is 0.219 e. The molecule has 2 heterocycles. The van der Waals surface area contributed by atoms with Gasteiger partial charge in [-0.2, -0.15) is 5.26 Å². The highest BCUT2D eigenvalue weighted by atomic mass is 19.1. The van der Waals surface area contributed by atoms with Crippen molar-refractivity contribution in [2.24, 2.45) is 7.05 Å². The van der Waals surface area contributed by atoms with Gasteiger partial charge in [0.1, 0.15) is 24.0 Å². The molecule has 0 fully saturated rings. The minimum absolute atomic E-state index is 0.302. The minimum atomic E-state index is -0.302. The van der Waals surface area contributed by atoms with Gasteiger partial charge < -0.3 is 4.42 Å². The van der Waals surface area contributed by atoms with Crippen molar-refractivity contribution in [1.82, 2.24) is 0 Å². The average Bonchev–Trinajstić information content (AvgIpc) is 3.23. The molecule has 0 aliphatic carbocycles. The number of hydrogen-bond acceptors (Lipinski definition) is 2. The van der Waals surface area contributed by atoms with Gasteiger partial charge in [-0.15, -0.1) is 0 Å². The van der Waals surface area contributed by atoms with Crippen LogP contribution in [0.2, 0.25) is 0 Å². The number of hydrogen-bond donors (Lipinski definition) is 0. The van der Waals surface area contributed by atoms with Crippen molar-refractivity contribution in [2.75, 3.05) is 0 Å². The third-order valence-electron chi connectivity index (χ3n) is 6.57. The van der Waals surface area contributed by atoms with Gasteiger partial charge in [-0.25, -0.2) is 8.96 Å². The SMILES string of the molecule is Cc1ccc2c(oc3c(-c4cccc5ccccc45)c(C#N)ccc32)c1-c1cc(F)cc[n+]1C. The molecule has 0 N–H and O–H groups in total. The van der Waals surface area contributed by atoms with Gasteiger partial charge in [0, 0.05) is 28.5 Å². The second kappa shape index (κ2) is 7.54. The summed E-state index contributed by atoms with van der Waals surface area (Å²) in [6.45, 7) is 2.00. The zero-order chi connectivity index (χ0) is 23.4. The van der Waals surface area contributed by atoms with Crippen molar-refractivity contribution >= 4 is 32.7 Å². The van der Waals surface area contributed by atoms with Crippen LogP contribution in [0.5, 0.6) is 0 Å². The van der Waals surface area contributed by atoms with Gasteiger partial charge in [-0.3, -0.25) is 0 Å². The maximum Gasteiger partial charge on any atom is 0.219 e. The van der Waals surface area contributed by atoms with E-state index in [0.29, 0.717) is 16.7 Å². The summed E-state index contributed by atoms with van der Waals surface area (Å²) >= 11 is 0. The lowest BCUT2D eigenvalue weighted by atomic mass is 9.93. The van der Waals surface area contributed by atoms with E-state index in [1.165, 1.54) is 12.1 Å². The summed E-state index contributed by atoms with van der Waals surface area (Å²) in [4.78, 5) is 0. The maximum atomic E-state index is 14.2. The number of aromatic nitrogens is 1. The Morgan fingerprint density at radius 3 is 2.38 bits per heavy atom. The molecule has 0 saturated carbocycles. The molecule has 162 valence electrons. The monoisotopic (exact) mass is 443 g/mol. The van der Waals surface area contributed by atoms with E-state index in [1.54, 1.807) is 6.20 Å². The predicted octanol–water partition coefficient (Wildman–Crippen LogP) is 7.22. The zero-order valence-electron chi connectivity index (χ0n) is 18.8. The van der Waals surface area contributed by atoms with Crippen molar-refractivity contribution in [3.63, 3.8) is 0 Å². The summed E-state index contributed by atoms with van der Waals surface area (Å²) in [5.74, 6) is -0.302. The molecule has 6 aromatic rings. The third-order valence-corrected chi connectivity index (χ3v) is 6.57. The van der Waals surface area contributed by atoms with Gasteiger partial charge in [0.15, 0.2) is 6.20 Å². The first-order valence-corrected chi connectivity index (χ1v) is 11.1. The first-order chi connectivity index (χ1) is 16.6. The summed E-state index contributed by atoms with van der Waals surface area (Å²) in [5.41, 5.74) is 6.20. The van der Waals surface area contributed by atoms with Crippen molar-refractivity contribution in [3.8, 4) is 28.5 Å². The zero-order valence-corrected chi connectivity index (χ0v) is 18.8. The van der Waals surface area contributed by atoms with E-state index < -0.39 is 0 Å². The standard InChI is InChI=1S/C30H20FN2O/c1-18-10-12-24-25-13-11-20(17-32)28(23-9-5-7-19-6-3-4-8-22(19)23)30(25)34-29(24)27(18)26-16-21(31)14-15-33(26)2/h3-16H,1-2H3/q+1. The van der Waals surface area contributed by atoms with Gasteiger partial charge >= 0.3 is 0 Å². The normalized spacial score (nSPS) is 11.4. The molecule has 0 spiro atoms. The highest BCUT2D eigenvalue weighted by Crippen LogP contribution is 2.43. The Balaban J connectivity index is 1.77. The molecule has 3 nitrogen and oxygen atoms in total. The Morgan fingerprint density at radius 1 is 0.824 bits per heavy atom. The van der Waals surface area contributed by atoms with Crippen molar-refractivity contribution in [1.29, 1.82) is 5.26 Å². The molecule has 0 unspecified atom stereocenters. The van der Waals surface area contributed by atoms with Crippen LogP contribution in [0.1, 0.15) is 11.1 Å². The van der Waals surface area contributed by atoms with E-state index in [2.05, 4.69) is 24.3 Å². The number of fused-ring (bicyclic) bond motifs is 4. The van der Waals surface area contributed by atoms with Crippen LogP contribution in [0.25, 0.3) is 55.1 Å². The van der Waals surface area contributed by atoms with Crippen LogP contribution in [-0.4, -0.2) is 0 Å². The van der Waals surface area contributed by atoms with Crippen molar-refractivity contribution in [3.05, 3.63) is 102 Å². The van der Waals surface area contributed by atoms with Crippen molar-refractivity contribution < 1.29 is 13.4 Å². The molecular weight excluding hydrogens is 423 g/mol. The summed E-state index contributed by atoms with van der Waals surface area (Å²) in [6, 6.07) is 27.4. The molecule has 2 aromatic heterocycles. The van der Waals surface area contributed by atoms with Gasteiger partial charge in [-0.05, 0) is 41.0 Å². The topological polar surface area (TPSA) is 40.8 Å². The van der Waals surface area contributed by atoms with Gasteiger partial charge in [0.2, 0.25) is 5.69 Å². The summed E-state index contributed by atoms with van der Waals surface area (Å²) in [6.07, 6.45) is 1.71. The number of aryl methyl sites for hydroxylation is 2. The fraction of sp³-hybridized carbons (Fsp3) is 0.0667. The van der Waals surface area contributed by atoms with Crippen LogP contribution in [0.3, 0.4) is 0 Å². The Bertz CT molecular complexity index is 1800. The van der Waals surface area contributed by atoms with E-state index in [1.807, 2.05) is 67.1 Å². The molecule has 4 aromatic carbocycles. The van der Waals surface area contributed by atoms with Crippen LogP contribution >= 0.6 is 0 Å². The summed E-state index contributed by atoms with van der Waals surface area (Å²) in [5, 5.41) is 14.0. The highest BCUT2D eigenvalue weighted by molar-refractivity contribution is 6.15. The molecule has 0 atom stereocenters. The molecule has 0 saturated heterocycles. The Morgan fingerprint density at radius 2 is 1.56 bits per heavy atom. The van der Waals surface area contributed by atoms with Crippen LogP contribution in [0, 0.1) is 24.1 Å². The number of halogens is 1. The van der Waals surface area contributed by atoms with Crippen LogP contribution < -0.4 is 4.57 Å². The lowest BCUT2D eigenvalue weighted by Gasteiger charge is -2.09. The van der Waals surface area contributed by atoms with Crippen LogP contribution in [-0.2, 0) is 7.05 Å². The summed E-state index contributed by atoms with van der Waals surface area (Å²) in [7, 11) is 1.89. The Kier molecular flexibility index (Phi) is 4.46. The first kappa shape index (κ1) is 20.1. The molecule has 0 bridgehead atoms. The van der Waals surface area contributed by atoms with Crippen molar-refractivity contribution in [2.45, 2.75) is 6.92 Å². The Labute approximate surface area is 195 Å². The predicted molar refractivity (Wildman–Crippen MR) is 133 cm³/mol. The summed E-state index contributed by atoms with van der Waals surface area (Å²) < 4.78 is 22.7. The number of nitriles is 1. The first-order valence-electron chi connectivity index (χ1n) is 11.1. The number of furan rings is 1. The number of benzene rings is 4. The van der Waals surface area contributed by atoms with Crippen LogP contribution in [0.15, 0.2) is 89.5 Å². The number of pyridine rings is 1. The molecule has 0 radical (unpaired) electrons. The number of nitrogens with zero attached hydrogens (tertiary/aromatic N) is 2. The van der Waals surface area contributed by atoms with Gasteiger partial charge in [-0.1, -0.05) is 54.6 Å². The highest BCUT2D eigenvalue weighted by Gasteiger charge is 2.24. The molecular formula is C30H20FN2O+. The van der Waals surface area contributed by atoms with E-state index in [4.69, 9.17) is 4.42 Å². The van der Waals surface area contributed by atoms with E-state index in [-0.39, 0.29) is 5.82 Å². The second-order valence-electron chi connectivity index (χ2n) is 8.58. The van der Waals surface area contributed by atoms with E-state index >= 15 is 0 Å². The Hall–Kier alpha value is -4.49. The second-order valence-corrected chi connectivity index (χ2v) is 8.58. The largest absolute Gasteiger partial charge is 0.454 e. The van der Waals surface area contributed by atoms with Crippen LogP contribution in [0.4, 0.5) is 4.39 Å². The minimum Gasteiger partial charge on any atom is -0.454 e. The van der Waals surface area contributed by atoms with Gasteiger partial charge in [0.25, 0.3) is 0 Å².